The Balaban J connectivity index is 1.53. The van der Waals surface area contributed by atoms with Gasteiger partial charge in [0, 0.05) is 22.9 Å². The molecule has 2 aromatic heterocycles. The Morgan fingerprint density at radius 2 is 1.96 bits per heavy atom. The molecule has 1 amide bonds. The van der Waals surface area contributed by atoms with Gasteiger partial charge in [0.1, 0.15) is 10.0 Å². The Labute approximate surface area is 166 Å². The molecule has 0 radical (unpaired) electrons. The fraction of sp³-hybridized carbons (Fsp3) is 0.0588. The summed E-state index contributed by atoms with van der Waals surface area (Å²) in [6.45, 7) is 1.82. The topological polar surface area (TPSA) is 115 Å². The first-order valence-corrected chi connectivity index (χ1v) is 9.16. The SMILES string of the molecule is Cc1nnc2sc(-c3ccc(NC(=O)c4ccc(Cl)c([N+](=O)[O-])c4)cc3)nn12. The van der Waals surface area contributed by atoms with Crippen LogP contribution < -0.4 is 5.32 Å². The van der Waals surface area contributed by atoms with E-state index in [0.29, 0.717) is 16.5 Å². The molecule has 11 heteroatoms. The van der Waals surface area contributed by atoms with Gasteiger partial charge in [0.05, 0.1) is 4.92 Å². The maximum atomic E-state index is 12.4. The molecule has 140 valence electrons. The predicted molar refractivity (Wildman–Crippen MR) is 105 cm³/mol. The molecular weight excluding hydrogens is 404 g/mol. The number of nitrogens with zero attached hydrogens (tertiary/aromatic N) is 5. The van der Waals surface area contributed by atoms with Crippen LogP contribution in [0.1, 0.15) is 16.2 Å². The van der Waals surface area contributed by atoms with Gasteiger partial charge in [0.2, 0.25) is 4.96 Å². The molecule has 4 rings (SSSR count). The molecular formula is C17H11ClN6O3S. The van der Waals surface area contributed by atoms with Gasteiger partial charge in [-0.3, -0.25) is 14.9 Å². The van der Waals surface area contributed by atoms with Gasteiger partial charge in [0.25, 0.3) is 11.6 Å². The molecule has 0 unspecified atom stereocenters. The summed E-state index contributed by atoms with van der Waals surface area (Å²) >= 11 is 7.18. The number of nitro groups is 1. The molecule has 0 aliphatic heterocycles. The third-order valence-electron chi connectivity index (χ3n) is 3.94. The Bertz CT molecular complexity index is 1220. The number of amides is 1. The molecule has 2 heterocycles. The van der Waals surface area contributed by atoms with Gasteiger partial charge in [-0.15, -0.1) is 10.2 Å². The fourth-order valence-corrected chi connectivity index (χ4v) is 3.60. The van der Waals surface area contributed by atoms with E-state index >= 15 is 0 Å². The van der Waals surface area contributed by atoms with Crippen LogP contribution in [0.2, 0.25) is 5.02 Å². The number of carbonyl (C=O) groups excluding carboxylic acids is 1. The van der Waals surface area contributed by atoms with Gasteiger partial charge in [-0.2, -0.15) is 9.61 Å². The molecule has 28 heavy (non-hydrogen) atoms. The Hall–Kier alpha value is -3.37. The van der Waals surface area contributed by atoms with E-state index in [2.05, 4.69) is 20.6 Å². The molecule has 0 bridgehead atoms. The van der Waals surface area contributed by atoms with Crippen molar-refractivity contribution in [2.75, 3.05) is 5.32 Å². The van der Waals surface area contributed by atoms with E-state index in [4.69, 9.17) is 11.6 Å². The zero-order valence-corrected chi connectivity index (χ0v) is 15.9. The summed E-state index contributed by atoms with van der Waals surface area (Å²) in [6, 6.07) is 11.0. The largest absolute Gasteiger partial charge is 0.322 e. The Morgan fingerprint density at radius 3 is 2.64 bits per heavy atom. The van der Waals surface area contributed by atoms with Gasteiger partial charge in [-0.05, 0) is 43.3 Å². The second-order valence-corrected chi connectivity index (χ2v) is 7.17. The maximum absolute atomic E-state index is 12.4. The highest BCUT2D eigenvalue weighted by Gasteiger charge is 2.16. The zero-order valence-electron chi connectivity index (χ0n) is 14.3. The van der Waals surface area contributed by atoms with Crippen molar-refractivity contribution in [3.05, 3.63) is 69.0 Å². The first kappa shape index (κ1) is 18.0. The van der Waals surface area contributed by atoms with E-state index in [0.717, 1.165) is 16.6 Å². The maximum Gasteiger partial charge on any atom is 0.288 e. The Morgan fingerprint density at radius 1 is 1.21 bits per heavy atom. The lowest BCUT2D eigenvalue weighted by molar-refractivity contribution is -0.384. The fourth-order valence-electron chi connectivity index (χ4n) is 2.52. The second-order valence-electron chi connectivity index (χ2n) is 5.80. The average molecular weight is 415 g/mol. The number of benzene rings is 2. The van der Waals surface area contributed by atoms with Crippen LogP contribution in [0.4, 0.5) is 11.4 Å². The molecule has 0 saturated heterocycles. The molecule has 9 nitrogen and oxygen atoms in total. The minimum absolute atomic E-state index is 0.0221. The standard InChI is InChI=1S/C17H11ClN6O3S/c1-9-20-21-17-23(9)22-16(28-17)10-2-5-12(6-3-10)19-15(25)11-4-7-13(18)14(8-11)24(26)27/h2-8H,1H3,(H,19,25). The molecule has 0 spiro atoms. The number of nitrogens with one attached hydrogen (secondary N) is 1. The van der Waals surface area contributed by atoms with Crippen LogP contribution in [0.25, 0.3) is 15.5 Å². The number of anilines is 1. The summed E-state index contributed by atoms with van der Waals surface area (Å²) in [4.78, 5) is 23.4. The molecule has 0 aliphatic rings. The number of hydrogen-bond acceptors (Lipinski definition) is 7. The van der Waals surface area contributed by atoms with Crippen LogP contribution in [0.5, 0.6) is 0 Å². The summed E-state index contributed by atoms with van der Waals surface area (Å²) in [7, 11) is 0. The number of hydrogen-bond donors (Lipinski definition) is 1. The number of halogens is 1. The first-order chi connectivity index (χ1) is 13.4. The van der Waals surface area contributed by atoms with Gasteiger partial charge >= 0.3 is 0 Å². The van der Waals surface area contributed by atoms with E-state index < -0.39 is 10.8 Å². The van der Waals surface area contributed by atoms with E-state index in [-0.39, 0.29) is 16.3 Å². The third kappa shape index (κ3) is 3.30. The molecule has 0 atom stereocenters. The lowest BCUT2D eigenvalue weighted by atomic mass is 10.1. The smallest absolute Gasteiger partial charge is 0.288 e. The monoisotopic (exact) mass is 414 g/mol. The lowest BCUT2D eigenvalue weighted by Crippen LogP contribution is -2.12. The van der Waals surface area contributed by atoms with Gasteiger partial charge in [-0.1, -0.05) is 22.9 Å². The number of rotatable bonds is 4. The molecule has 0 saturated carbocycles. The van der Waals surface area contributed by atoms with Crippen molar-refractivity contribution in [1.29, 1.82) is 0 Å². The number of fused-ring (bicyclic) bond motifs is 1. The highest BCUT2D eigenvalue weighted by molar-refractivity contribution is 7.19. The van der Waals surface area contributed by atoms with Crippen molar-refractivity contribution in [2.45, 2.75) is 6.92 Å². The number of nitro benzene ring substituents is 1. The van der Waals surface area contributed by atoms with Crippen molar-refractivity contribution in [3.8, 4) is 10.6 Å². The van der Waals surface area contributed by atoms with Crippen LogP contribution in [0.3, 0.4) is 0 Å². The van der Waals surface area contributed by atoms with E-state index in [1.165, 1.54) is 23.5 Å². The molecule has 1 N–H and O–H groups in total. The average Bonchev–Trinajstić information content (AvgIpc) is 3.24. The highest BCUT2D eigenvalue weighted by atomic mass is 35.5. The van der Waals surface area contributed by atoms with Gasteiger partial charge < -0.3 is 5.32 Å². The van der Waals surface area contributed by atoms with Crippen molar-refractivity contribution >= 4 is 45.2 Å². The minimum atomic E-state index is -0.629. The number of aryl methyl sites for hydroxylation is 1. The zero-order chi connectivity index (χ0) is 19.8. The van der Waals surface area contributed by atoms with Gasteiger partial charge in [-0.25, -0.2) is 0 Å². The van der Waals surface area contributed by atoms with Crippen molar-refractivity contribution in [1.82, 2.24) is 19.8 Å². The summed E-state index contributed by atoms with van der Waals surface area (Å²) in [6.07, 6.45) is 0. The van der Waals surface area contributed by atoms with Crippen molar-refractivity contribution in [2.24, 2.45) is 0 Å². The summed E-state index contributed by atoms with van der Waals surface area (Å²) in [5.41, 5.74) is 1.24. The lowest BCUT2D eigenvalue weighted by Gasteiger charge is -2.06. The number of aromatic nitrogens is 4. The number of carbonyl (C=O) groups is 1. The van der Waals surface area contributed by atoms with Crippen LogP contribution in [-0.4, -0.2) is 30.6 Å². The van der Waals surface area contributed by atoms with E-state index in [1.807, 2.05) is 19.1 Å². The predicted octanol–water partition coefficient (Wildman–Crippen LogP) is 3.98. The third-order valence-corrected chi connectivity index (χ3v) is 5.21. The van der Waals surface area contributed by atoms with Crippen LogP contribution >= 0.6 is 22.9 Å². The molecule has 2 aromatic carbocycles. The normalized spacial score (nSPS) is 10.9. The minimum Gasteiger partial charge on any atom is -0.322 e. The van der Waals surface area contributed by atoms with E-state index in [9.17, 15) is 14.9 Å². The molecule has 0 aliphatic carbocycles. The first-order valence-electron chi connectivity index (χ1n) is 7.97. The van der Waals surface area contributed by atoms with Crippen LogP contribution in [0, 0.1) is 17.0 Å². The van der Waals surface area contributed by atoms with Crippen LogP contribution in [-0.2, 0) is 0 Å². The van der Waals surface area contributed by atoms with Crippen molar-refractivity contribution in [3.63, 3.8) is 0 Å². The summed E-state index contributed by atoms with van der Waals surface area (Å²) in [5, 5.41) is 26.9. The van der Waals surface area contributed by atoms with E-state index in [1.54, 1.807) is 16.6 Å². The Kier molecular flexibility index (Phi) is 4.49. The second kappa shape index (κ2) is 6.98. The molecule has 4 aromatic rings. The highest BCUT2D eigenvalue weighted by Crippen LogP contribution is 2.28. The van der Waals surface area contributed by atoms with Crippen molar-refractivity contribution < 1.29 is 9.72 Å². The quantitative estimate of drug-likeness (QED) is 0.399. The summed E-state index contributed by atoms with van der Waals surface area (Å²) < 4.78 is 1.67. The summed E-state index contributed by atoms with van der Waals surface area (Å²) in [5.74, 6) is 0.236. The molecule has 0 fully saturated rings. The van der Waals surface area contributed by atoms with Gasteiger partial charge in [0.15, 0.2) is 5.82 Å². The van der Waals surface area contributed by atoms with Crippen LogP contribution in [0.15, 0.2) is 42.5 Å².